The van der Waals surface area contributed by atoms with Gasteiger partial charge in [0.05, 0.1) is 6.61 Å². The van der Waals surface area contributed by atoms with E-state index in [4.69, 9.17) is 13.9 Å². The van der Waals surface area contributed by atoms with Gasteiger partial charge in [0.1, 0.15) is 17.1 Å². The number of nitrogens with one attached hydrogen (secondary N) is 2. The van der Waals surface area contributed by atoms with Gasteiger partial charge in [-0.2, -0.15) is 0 Å². The molecular weight excluding hydrogens is 379 g/mol. The van der Waals surface area contributed by atoms with E-state index in [2.05, 4.69) is 10.6 Å². The van der Waals surface area contributed by atoms with Crippen LogP contribution in [0.4, 0.5) is 14.9 Å². The molecule has 0 spiro atoms. The van der Waals surface area contributed by atoms with Gasteiger partial charge in [0.25, 0.3) is 0 Å². The van der Waals surface area contributed by atoms with Crippen LogP contribution in [0.5, 0.6) is 5.75 Å². The highest BCUT2D eigenvalue weighted by atomic mass is 19.1. The van der Waals surface area contributed by atoms with Crippen molar-refractivity contribution in [1.82, 2.24) is 5.32 Å². The van der Waals surface area contributed by atoms with Crippen molar-refractivity contribution in [2.24, 2.45) is 0 Å². The van der Waals surface area contributed by atoms with Gasteiger partial charge in [-0.05, 0) is 48.7 Å². The van der Waals surface area contributed by atoms with Gasteiger partial charge >= 0.3 is 11.7 Å². The van der Waals surface area contributed by atoms with Crippen LogP contribution in [0.3, 0.4) is 0 Å². The molecule has 8 heteroatoms. The minimum absolute atomic E-state index is 0.122. The van der Waals surface area contributed by atoms with Crippen molar-refractivity contribution in [3.05, 3.63) is 69.3 Å². The molecule has 4 rings (SSSR count). The lowest BCUT2D eigenvalue weighted by Gasteiger charge is -2.21. The predicted molar refractivity (Wildman–Crippen MR) is 105 cm³/mol. The lowest BCUT2D eigenvalue weighted by Crippen LogP contribution is -2.30. The third-order valence-corrected chi connectivity index (χ3v) is 4.64. The van der Waals surface area contributed by atoms with Crippen molar-refractivity contribution in [3.63, 3.8) is 0 Å². The molecular formula is C21H19FN2O5. The molecule has 29 heavy (non-hydrogen) atoms. The zero-order valence-corrected chi connectivity index (χ0v) is 15.7. The minimum Gasteiger partial charge on any atom is -0.467 e. The summed E-state index contributed by atoms with van der Waals surface area (Å²) in [6.45, 7) is 2.52. The number of carbonyl (C=O) groups excluding carboxylic acids is 1. The summed E-state index contributed by atoms with van der Waals surface area (Å²) in [5.74, 6) is 0.241. The fourth-order valence-corrected chi connectivity index (χ4v) is 3.33. The number of aryl methyl sites for hydroxylation is 1. The van der Waals surface area contributed by atoms with Crippen LogP contribution in [0.2, 0.25) is 0 Å². The van der Waals surface area contributed by atoms with Crippen LogP contribution in [-0.4, -0.2) is 19.4 Å². The Morgan fingerprint density at radius 1 is 1.21 bits per heavy atom. The van der Waals surface area contributed by atoms with E-state index in [0.717, 1.165) is 10.9 Å². The second-order valence-corrected chi connectivity index (χ2v) is 6.75. The third-order valence-electron chi connectivity index (χ3n) is 4.64. The van der Waals surface area contributed by atoms with Gasteiger partial charge in [0.2, 0.25) is 0 Å². The van der Waals surface area contributed by atoms with E-state index in [-0.39, 0.29) is 19.2 Å². The van der Waals surface area contributed by atoms with E-state index < -0.39 is 11.7 Å². The van der Waals surface area contributed by atoms with Crippen LogP contribution >= 0.6 is 0 Å². The molecule has 0 radical (unpaired) electrons. The van der Waals surface area contributed by atoms with Crippen molar-refractivity contribution < 1.29 is 23.1 Å². The van der Waals surface area contributed by atoms with Gasteiger partial charge in [0.15, 0.2) is 6.79 Å². The average molecular weight is 398 g/mol. The molecule has 1 aliphatic heterocycles. The van der Waals surface area contributed by atoms with Crippen LogP contribution in [0, 0.1) is 12.7 Å². The molecule has 1 aliphatic rings. The first-order chi connectivity index (χ1) is 14.0. The van der Waals surface area contributed by atoms with Gasteiger partial charge in [-0.25, -0.2) is 14.0 Å². The molecule has 1 aromatic heterocycles. The molecule has 7 nitrogen and oxygen atoms in total. The van der Waals surface area contributed by atoms with Crippen molar-refractivity contribution in [2.45, 2.75) is 20.0 Å². The molecule has 2 amide bonds. The lowest BCUT2D eigenvalue weighted by molar-refractivity contribution is -0.0172. The lowest BCUT2D eigenvalue weighted by atomic mass is 10.1. The highest BCUT2D eigenvalue weighted by Gasteiger charge is 2.17. The number of hydrogen-bond donors (Lipinski definition) is 2. The SMILES string of the molecule is Cc1cc(=O)oc2cc(NC(=O)NCCc3cc(F)cc4c3OCOC4)ccc12. The third kappa shape index (κ3) is 4.22. The van der Waals surface area contributed by atoms with Crippen LogP contribution in [0.15, 0.2) is 45.6 Å². The fourth-order valence-electron chi connectivity index (χ4n) is 3.33. The molecule has 2 aromatic carbocycles. The maximum Gasteiger partial charge on any atom is 0.336 e. The number of rotatable bonds is 4. The van der Waals surface area contributed by atoms with Gasteiger partial charge in [-0.15, -0.1) is 0 Å². The summed E-state index contributed by atoms with van der Waals surface area (Å²) in [6, 6.07) is 8.89. The molecule has 0 atom stereocenters. The summed E-state index contributed by atoms with van der Waals surface area (Å²) < 4.78 is 29.6. The highest BCUT2D eigenvalue weighted by molar-refractivity contribution is 5.92. The van der Waals surface area contributed by atoms with Gasteiger partial charge in [-0.1, -0.05) is 0 Å². The number of carbonyl (C=O) groups is 1. The summed E-state index contributed by atoms with van der Waals surface area (Å²) in [5.41, 5.74) is 2.59. The maximum absolute atomic E-state index is 13.8. The molecule has 0 bridgehead atoms. The molecule has 2 heterocycles. The number of benzene rings is 2. The van der Waals surface area contributed by atoms with E-state index in [1.807, 2.05) is 6.92 Å². The number of ether oxygens (including phenoxy) is 2. The van der Waals surface area contributed by atoms with E-state index in [1.54, 1.807) is 18.2 Å². The number of fused-ring (bicyclic) bond motifs is 2. The Hall–Kier alpha value is -3.39. The van der Waals surface area contributed by atoms with Gasteiger partial charge < -0.3 is 24.5 Å². The highest BCUT2D eigenvalue weighted by Crippen LogP contribution is 2.29. The van der Waals surface area contributed by atoms with Crippen LogP contribution < -0.4 is 21.0 Å². The molecule has 0 aliphatic carbocycles. The Balaban J connectivity index is 1.39. The Morgan fingerprint density at radius 2 is 2.07 bits per heavy atom. The summed E-state index contributed by atoms with van der Waals surface area (Å²) in [4.78, 5) is 23.7. The molecule has 0 saturated carbocycles. The first-order valence-electron chi connectivity index (χ1n) is 9.11. The smallest absolute Gasteiger partial charge is 0.336 e. The standard InChI is InChI=1S/C21H19FN2O5/c1-12-6-19(25)29-18-9-16(2-3-17(12)18)24-21(26)23-5-4-13-7-15(22)8-14-10-27-11-28-20(13)14/h2-3,6-9H,4-5,10-11H2,1H3,(H2,23,24,26). The zero-order chi connectivity index (χ0) is 20.4. The largest absolute Gasteiger partial charge is 0.467 e. The number of halogens is 1. The normalized spacial score (nSPS) is 12.9. The summed E-state index contributed by atoms with van der Waals surface area (Å²) in [6.07, 6.45) is 0.402. The topological polar surface area (TPSA) is 89.8 Å². The van der Waals surface area contributed by atoms with Crippen molar-refractivity contribution in [2.75, 3.05) is 18.7 Å². The number of anilines is 1. The second-order valence-electron chi connectivity index (χ2n) is 6.75. The van der Waals surface area contributed by atoms with Crippen molar-refractivity contribution in [3.8, 4) is 5.75 Å². The molecule has 3 aromatic rings. The Labute approximate surface area is 165 Å². The fraction of sp³-hybridized carbons (Fsp3) is 0.238. The average Bonchev–Trinajstić information content (AvgIpc) is 2.67. The predicted octanol–water partition coefficient (Wildman–Crippen LogP) is 3.47. The molecule has 0 unspecified atom stereocenters. The number of hydrogen-bond acceptors (Lipinski definition) is 5. The molecule has 2 N–H and O–H groups in total. The minimum atomic E-state index is -0.442. The van der Waals surface area contributed by atoms with Crippen molar-refractivity contribution in [1.29, 1.82) is 0 Å². The molecule has 0 fully saturated rings. The van der Waals surface area contributed by atoms with Crippen LogP contribution in [0.1, 0.15) is 16.7 Å². The quantitative estimate of drug-likeness (QED) is 0.657. The number of amides is 2. The molecule has 0 saturated heterocycles. The van der Waals surface area contributed by atoms with Gasteiger partial charge in [-0.3, -0.25) is 0 Å². The van der Waals surface area contributed by atoms with E-state index in [9.17, 15) is 14.0 Å². The first-order valence-corrected chi connectivity index (χ1v) is 9.11. The summed E-state index contributed by atoms with van der Waals surface area (Å²) in [7, 11) is 0. The Kier molecular flexibility index (Phi) is 5.18. The second kappa shape index (κ2) is 7.92. The van der Waals surface area contributed by atoms with E-state index in [0.29, 0.717) is 41.2 Å². The van der Waals surface area contributed by atoms with Crippen molar-refractivity contribution >= 4 is 22.7 Å². The first kappa shape index (κ1) is 18.9. The monoisotopic (exact) mass is 398 g/mol. The van der Waals surface area contributed by atoms with E-state index in [1.165, 1.54) is 18.2 Å². The van der Waals surface area contributed by atoms with Crippen LogP contribution in [-0.2, 0) is 17.8 Å². The van der Waals surface area contributed by atoms with Gasteiger partial charge in [0, 0.05) is 35.3 Å². The Morgan fingerprint density at radius 3 is 2.93 bits per heavy atom. The van der Waals surface area contributed by atoms with Crippen LogP contribution in [0.25, 0.3) is 11.0 Å². The summed E-state index contributed by atoms with van der Waals surface area (Å²) >= 11 is 0. The number of urea groups is 1. The Bertz CT molecular complexity index is 1140. The maximum atomic E-state index is 13.8. The molecule has 150 valence electrons. The van der Waals surface area contributed by atoms with E-state index >= 15 is 0 Å². The zero-order valence-electron chi connectivity index (χ0n) is 15.7. The summed E-state index contributed by atoms with van der Waals surface area (Å²) in [5, 5.41) is 6.22.